The predicted octanol–water partition coefficient (Wildman–Crippen LogP) is 3.73. The van der Waals surface area contributed by atoms with Gasteiger partial charge >= 0.3 is 0 Å². The van der Waals surface area contributed by atoms with Gasteiger partial charge in [-0.15, -0.1) is 4.72 Å². The van der Waals surface area contributed by atoms with Crippen LogP contribution in [-0.4, -0.2) is 52.5 Å². The molecule has 2 unspecified atom stereocenters. The minimum atomic E-state index is -1.31. The van der Waals surface area contributed by atoms with E-state index in [2.05, 4.69) is 4.72 Å². The number of benzene rings is 2. The second kappa shape index (κ2) is 9.53. The maximum Gasteiger partial charge on any atom is 0.252 e. The summed E-state index contributed by atoms with van der Waals surface area (Å²) in [5.41, 5.74) is 0.546. The van der Waals surface area contributed by atoms with E-state index >= 15 is 4.39 Å². The Bertz CT molecular complexity index is 1050. The van der Waals surface area contributed by atoms with E-state index < -0.39 is 41.0 Å². The van der Waals surface area contributed by atoms with Crippen LogP contribution in [-0.2, 0) is 27.3 Å². The molecule has 3 saturated heterocycles. The van der Waals surface area contributed by atoms with Crippen LogP contribution < -0.4 is 4.72 Å². The first kappa shape index (κ1) is 23.7. The van der Waals surface area contributed by atoms with Crippen molar-refractivity contribution in [1.82, 2.24) is 9.62 Å². The molecule has 0 radical (unpaired) electrons. The molecule has 2 aromatic rings. The summed E-state index contributed by atoms with van der Waals surface area (Å²) in [7, 11) is 0. The average molecular weight is 493 g/mol. The van der Waals surface area contributed by atoms with Crippen molar-refractivity contribution in [2.45, 2.75) is 56.3 Å². The zero-order valence-corrected chi connectivity index (χ0v) is 19.6. The standard InChI is InChI=1S/C25H27F3N2O3S/c1-34(32)29-24-16-10-19(11-16)30(25(31)22-6-3-7-33-22)21(24)12-14-4-2-5-20(23(14)28)15-8-17(26)13-18(27)9-15/h2,4-5,8-9,13,16,19,21-22,24,29H,3,6-7,10-12H2,1H3/t16?,19?,21-,22?,24-,34?/m0/s1. The van der Waals surface area contributed by atoms with Crippen molar-refractivity contribution >= 4 is 17.3 Å². The lowest BCUT2D eigenvalue weighted by atomic mass is 9.66. The third-order valence-electron chi connectivity index (χ3n) is 7.27. The molecule has 4 fully saturated rings. The van der Waals surface area contributed by atoms with Gasteiger partial charge in [-0.25, -0.2) is 13.2 Å². The van der Waals surface area contributed by atoms with Gasteiger partial charge in [0, 0.05) is 35.6 Å². The van der Waals surface area contributed by atoms with Crippen molar-refractivity contribution in [2.24, 2.45) is 5.92 Å². The fourth-order valence-corrected chi connectivity index (χ4v) is 6.41. The summed E-state index contributed by atoms with van der Waals surface area (Å²) in [6, 6.07) is 7.09. The summed E-state index contributed by atoms with van der Waals surface area (Å²) in [5, 5.41) is 0. The minimum absolute atomic E-state index is 0.0543. The Kier molecular flexibility index (Phi) is 6.63. The molecule has 0 spiro atoms. The van der Waals surface area contributed by atoms with Gasteiger partial charge in [0.15, 0.2) is 0 Å². The maximum atomic E-state index is 15.7. The molecule has 4 aliphatic rings. The van der Waals surface area contributed by atoms with E-state index in [9.17, 15) is 18.1 Å². The fraction of sp³-hybridized carbons (Fsp3) is 0.480. The monoisotopic (exact) mass is 492 g/mol. The number of nitrogens with one attached hydrogen (secondary N) is 1. The second-order valence-electron chi connectivity index (χ2n) is 9.44. The highest BCUT2D eigenvalue weighted by Gasteiger charge is 2.54. The molecule has 9 heteroatoms. The molecule has 2 bridgehead atoms. The molecule has 1 aliphatic carbocycles. The van der Waals surface area contributed by atoms with E-state index in [-0.39, 0.29) is 41.5 Å². The molecule has 4 atom stereocenters. The lowest BCUT2D eigenvalue weighted by Crippen LogP contribution is -2.71. The Hall–Kier alpha value is -2.07. The highest BCUT2D eigenvalue weighted by molar-refractivity contribution is 7.88. The smallest absolute Gasteiger partial charge is 0.252 e. The van der Waals surface area contributed by atoms with E-state index in [0.29, 0.717) is 18.6 Å². The Balaban J connectivity index is 1.49. The van der Waals surface area contributed by atoms with Crippen LogP contribution in [0.1, 0.15) is 31.2 Å². The average Bonchev–Trinajstić information content (AvgIpc) is 3.28. The van der Waals surface area contributed by atoms with Crippen LogP contribution >= 0.6 is 0 Å². The third-order valence-corrected chi connectivity index (χ3v) is 7.87. The van der Waals surface area contributed by atoms with E-state index in [1.165, 1.54) is 6.07 Å². The quantitative estimate of drug-likeness (QED) is 0.625. The fourth-order valence-electron chi connectivity index (χ4n) is 5.68. The molecular weight excluding hydrogens is 465 g/mol. The van der Waals surface area contributed by atoms with E-state index in [4.69, 9.17) is 4.74 Å². The van der Waals surface area contributed by atoms with Crippen molar-refractivity contribution in [1.29, 1.82) is 0 Å². The van der Waals surface area contributed by atoms with Crippen LogP contribution in [0, 0.1) is 23.4 Å². The molecule has 34 heavy (non-hydrogen) atoms. The summed E-state index contributed by atoms with van der Waals surface area (Å²) in [6.07, 6.45) is 4.35. The maximum absolute atomic E-state index is 15.7. The number of hydrogen-bond acceptors (Lipinski definition) is 4. The SMILES string of the molecule is C[S+]([O-])N[C@H]1C2CC(C2)N(C(=O)C2CCCO2)[C@H]1Cc1cccc(-c2cc(F)cc(F)c2)c1F. The second-order valence-corrected chi connectivity index (χ2v) is 10.6. The molecule has 2 aromatic carbocycles. The summed E-state index contributed by atoms with van der Waals surface area (Å²) < 4.78 is 64.1. The number of amides is 1. The number of rotatable bonds is 6. The first-order chi connectivity index (χ1) is 16.3. The van der Waals surface area contributed by atoms with Gasteiger partial charge in [-0.05, 0) is 61.3 Å². The normalized spacial score (nSPS) is 29.1. The molecule has 0 aromatic heterocycles. The number of halogens is 3. The lowest BCUT2D eigenvalue weighted by Gasteiger charge is -2.58. The number of fused-ring (bicyclic) bond motifs is 2. The van der Waals surface area contributed by atoms with Crippen molar-refractivity contribution < 1.29 is 27.3 Å². The minimum Gasteiger partial charge on any atom is -0.598 e. The Morgan fingerprint density at radius 3 is 2.59 bits per heavy atom. The highest BCUT2D eigenvalue weighted by Crippen LogP contribution is 2.45. The van der Waals surface area contributed by atoms with Gasteiger partial charge in [0.05, 0.1) is 12.1 Å². The van der Waals surface area contributed by atoms with Crippen molar-refractivity contribution in [3.8, 4) is 11.1 Å². The zero-order chi connectivity index (χ0) is 24.0. The molecule has 1 saturated carbocycles. The van der Waals surface area contributed by atoms with Crippen molar-refractivity contribution in [2.75, 3.05) is 12.9 Å². The molecule has 3 heterocycles. The van der Waals surface area contributed by atoms with Gasteiger partial charge in [-0.2, -0.15) is 0 Å². The molecule has 1 amide bonds. The Labute approximate surface area is 200 Å². The molecule has 3 aliphatic heterocycles. The number of hydrogen-bond donors (Lipinski definition) is 1. The third kappa shape index (κ3) is 4.46. The lowest BCUT2D eigenvalue weighted by molar-refractivity contribution is -0.159. The number of carbonyl (C=O) groups excluding carboxylic acids is 1. The van der Waals surface area contributed by atoms with Crippen LogP contribution in [0.4, 0.5) is 13.2 Å². The summed E-state index contributed by atoms with van der Waals surface area (Å²) >= 11 is -1.31. The number of ether oxygens (including phenoxy) is 1. The molecule has 182 valence electrons. The van der Waals surface area contributed by atoms with Gasteiger partial charge in [0.1, 0.15) is 29.8 Å². The largest absolute Gasteiger partial charge is 0.598 e. The molecule has 1 N–H and O–H groups in total. The number of nitrogens with zero attached hydrogens (tertiary/aromatic N) is 1. The van der Waals surface area contributed by atoms with Gasteiger partial charge < -0.3 is 14.2 Å². The van der Waals surface area contributed by atoms with Crippen LogP contribution in [0.15, 0.2) is 36.4 Å². The van der Waals surface area contributed by atoms with Crippen LogP contribution in [0.25, 0.3) is 11.1 Å². The summed E-state index contributed by atoms with van der Waals surface area (Å²) in [5.74, 6) is -1.99. The summed E-state index contributed by atoms with van der Waals surface area (Å²) in [4.78, 5) is 15.3. The van der Waals surface area contributed by atoms with Gasteiger partial charge in [-0.3, -0.25) is 4.79 Å². The molecule has 5 nitrogen and oxygen atoms in total. The molecular formula is C25H27F3N2O3S. The van der Waals surface area contributed by atoms with E-state index in [0.717, 1.165) is 37.5 Å². The van der Waals surface area contributed by atoms with E-state index in [1.807, 2.05) is 4.90 Å². The van der Waals surface area contributed by atoms with Gasteiger partial charge in [0.2, 0.25) is 0 Å². The predicted molar refractivity (Wildman–Crippen MR) is 123 cm³/mol. The van der Waals surface area contributed by atoms with Crippen LogP contribution in [0.2, 0.25) is 0 Å². The first-order valence-electron chi connectivity index (χ1n) is 11.6. The van der Waals surface area contributed by atoms with Crippen LogP contribution in [0.5, 0.6) is 0 Å². The highest BCUT2D eigenvalue weighted by atomic mass is 32.2. The Morgan fingerprint density at radius 2 is 1.94 bits per heavy atom. The number of carbonyl (C=O) groups is 1. The number of piperidine rings is 2. The first-order valence-corrected chi connectivity index (χ1v) is 13.1. The molecule has 6 rings (SSSR count). The topological polar surface area (TPSA) is 64.6 Å². The zero-order valence-electron chi connectivity index (χ0n) is 18.8. The summed E-state index contributed by atoms with van der Waals surface area (Å²) in [6.45, 7) is 0.545. The van der Waals surface area contributed by atoms with Crippen LogP contribution in [0.3, 0.4) is 0 Å². The van der Waals surface area contributed by atoms with Gasteiger partial charge in [0.25, 0.3) is 5.91 Å². The van der Waals surface area contributed by atoms with E-state index in [1.54, 1.807) is 18.4 Å². The van der Waals surface area contributed by atoms with Crippen molar-refractivity contribution in [3.63, 3.8) is 0 Å². The van der Waals surface area contributed by atoms with Gasteiger partial charge in [-0.1, -0.05) is 18.2 Å². The Morgan fingerprint density at radius 1 is 1.21 bits per heavy atom. The van der Waals surface area contributed by atoms with Crippen molar-refractivity contribution in [3.05, 3.63) is 59.4 Å².